The molecule has 110 valence electrons. The van der Waals surface area contributed by atoms with Crippen LogP contribution in [-0.4, -0.2) is 51.5 Å². The molecule has 0 spiro atoms. The molecule has 0 aromatic heterocycles. The molecule has 2 heterocycles. The number of ether oxygens (including phenoxy) is 2. The summed E-state index contributed by atoms with van der Waals surface area (Å²) in [6.07, 6.45) is 0.195. The third-order valence-corrected chi connectivity index (χ3v) is 4.50. The third-order valence-electron chi connectivity index (χ3n) is 4.50. The summed E-state index contributed by atoms with van der Waals surface area (Å²) in [6.45, 7) is 11.4. The molecular weight excluding hydrogens is 252 g/mol. The van der Waals surface area contributed by atoms with Crippen molar-refractivity contribution < 1.29 is 19.3 Å². The molecule has 1 saturated heterocycles. The monoisotopic (exact) mass is 278 g/mol. The Morgan fingerprint density at radius 3 is 2.50 bits per heavy atom. The average molecular weight is 278 g/mol. The smallest absolute Gasteiger partial charge is 0.181 e. The van der Waals surface area contributed by atoms with Gasteiger partial charge in [0, 0.05) is 0 Å². The second-order valence-electron chi connectivity index (χ2n) is 6.26. The van der Waals surface area contributed by atoms with E-state index < -0.39 is 0 Å². The van der Waals surface area contributed by atoms with Crippen LogP contribution in [0.4, 0.5) is 0 Å². The molecule has 4 nitrogen and oxygen atoms in total. The van der Waals surface area contributed by atoms with E-state index in [1.54, 1.807) is 9.80 Å². The SMILES string of the molecule is CC(C)[NH+]1CC[NH+](CC2COc3ccccc3O2)CC1. The number of rotatable bonds is 3. The molecular formula is C16H26N2O2+2. The van der Waals surface area contributed by atoms with Gasteiger partial charge in [0.05, 0.1) is 6.04 Å². The van der Waals surface area contributed by atoms with Crippen molar-refractivity contribution in [3.8, 4) is 11.5 Å². The third kappa shape index (κ3) is 3.07. The van der Waals surface area contributed by atoms with Crippen LogP contribution < -0.4 is 19.3 Å². The van der Waals surface area contributed by atoms with Crippen LogP contribution in [0.2, 0.25) is 0 Å². The molecule has 1 aromatic rings. The fourth-order valence-corrected chi connectivity index (χ4v) is 3.19. The molecule has 0 amide bonds. The van der Waals surface area contributed by atoms with Crippen LogP contribution in [0.25, 0.3) is 0 Å². The Bertz CT molecular complexity index is 442. The van der Waals surface area contributed by atoms with Gasteiger partial charge in [0.1, 0.15) is 39.3 Å². The Kier molecular flexibility index (Phi) is 4.13. The molecule has 2 N–H and O–H groups in total. The number of hydrogen-bond acceptors (Lipinski definition) is 2. The zero-order chi connectivity index (χ0) is 13.9. The molecule has 0 bridgehead atoms. The van der Waals surface area contributed by atoms with E-state index in [9.17, 15) is 0 Å². The van der Waals surface area contributed by atoms with Crippen LogP contribution in [0, 0.1) is 0 Å². The van der Waals surface area contributed by atoms with Crippen LogP contribution >= 0.6 is 0 Å². The van der Waals surface area contributed by atoms with Gasteiger partial charge in [-0.05, 0) is 26.0 Å². The Hall–Kier alpha value is -1.26. The van der Waals surface area contributed by atoms with Crippen LogP contribution in [0.5, 0.6) is 11.5 Å². The fourth-order valence-electron chi connectivity index (χ4n) is 3.19. The first kappa shape index (κ1) is 13.7. The van der Waals surface area contributed by atoms with E-state index >= 15 is 0 Å². The number of piperazine rings is 1. The van der Waals surface area contributed by atoms with E-state index in [4.69, 9.17) is 9.47 Å². The van der Waals surface area contributed by atoms with Gasteiger partial charge in [0.25, 0.3) is 0 Å². The second-order valence-corrected chi connectivity index (χ2v) is 6.26. The minimum absolute atomic E-state index is 0.195. The van der Waals surface area contributed by atoms with E-state index in [0.29, 0.717) is 6.61 Å². The van der Waals surface area contributed by atoms with Crippen molar-refractivity contribution in [2.75, 3.05) is 39.3 Å². The van der Waals surface area contributed by atoms with Gasteiger partial charge in [-0.1, -0.05) is 12.1 Å². The standard InChI is InChI=1S/C16H24N2O2/c1-13(2)18-9-7-17(8-10-18)11-14-12-19-15-5-3-4-6-16(15)20-14/h3-6,13-14H,7-12H2,1-2H3/p+2. The van der Waals surface area contributed by atoms with Gasteiger partial charge in [-0.3, -0.25) is 0 Å². The van der Waals surface area contributed by atoms with E-state index in [-0.39, 0.29) is 6.10 Å². The maximum atomic E-state index is 6.06. The normalized spacial score (nSPS) is 29.4. The van der Waals surface area contributed by atoms with Crippen molar-refractivity contribution in [2.24, 2.45) is 0 Å². The topological polar surface area (TPSA) is 27.3 Å². The van der Waals surface area contributed by atoms with Crippen LogP contribution in [0.1, 0.15) is 13.8 Å². The van der Waals surface area contributed by atoms with Crippen molar-refractivity contribution in [3.05, 3.63) is 24.3 Å². The van der Waals surface area contributed by atoms with Crippen LogP contribution in [0.3, 0.4) is 0 Å². The molecule has 2 aliphatic rings. The van der Waals surface area contributed by atoms with Crippen molar-refractivity contribution in [1.82, 2.24) is 0 Å². The van der Waals surface area contributed by atoms with Crippen molar-refractivity contribution >= 4 is 0 Å². The van der Waals surface area contributed by atoms with E-state index in [1.807, 2.05) is 24.3 Å². The second kappa shape index (κ2) is 6.02. The summed E-state index contributed by atoms with van der Waals surface area (Å²) in [5.41, 5.74) is 0. The Morgan fingerprint density at radius 2 is 1.80 bits per heavy atom. The molecule has 1 aromatic carbocycles. The molecule has 2 aliphatic heterocycles. The van der Waals surface area contributed by atoms with Crippen molar-refractivity contribution in [2.45, 2.75) is 26.0 Å². The molecule has 0 aliphatic carbocycles. The zero-order valence-electron chi connectivity index (χ0n) is 12.5. The van der Waals surface area contributed by atoms with Gasteiger partial charge in [-0.15, -0.1) is 0 Å². The summed E-state index contributed by atoms with van der Waals surface area (Å²) in [5.74, 6) is 1.78. The minimum Gasteiger partial charge on any atom is -0.486 e. The lowest BCUT2D eigenvalue weighted by molar-refractivity contribution is -1.02. The summed E-state index contributed by atoms with van der Waals surface area (Å²) in [7, 11) is 0. The summed E-state index contributed by atoms with van der Waals surface area (Å²) in [5, 5.41) is 0. The first-order valence-electron chi connectivity index (χ1n) is 7.79. The lowest BCUT2D eigenvalue weighted by atomic mass is 10.2. The molecule has 20 heavy (non-hydrogen) atoms. The summed E-state index contributed by atoms with van der Waals surface area (Å²) in [4.78, 5) is 3.39. The quantitative estimate of drug-likeness (QED) is 0.744. The van der Waals surface area contributed by atoms with Gasteiger partial charge in [-0.25, -0.2) is 0 Å². The predicted octanol–water partition coefficient (Wildman–Crippen LogP) is -0.982. The van der Waals surface area contributed by atoms with E-state index in [2.05, 4.69) is 13.8 Å². The number of para-hydroxylation sites is 2. The number of fused-ring (bicyclic) bond motifs is 1. The first-order chi connectivity index (χ1) is 9.72. The fraction of sp³-hybridized carbons (Fsp3) is 0.625. The molecule has 1 unspecified atom stereocenters. The van der Waals surface area contributed by atoms with Crippen LogP contribution in [-0.2, 0) is 0 Å². The Labute approximate surface area is 121 Å². The maximum absolute atomic E-state index is 6.06. The average Bonchev–Trinajstić information content (AvgIpc) is 2.48. The predicted molar refractivity (Wildman–Crippen MR) is 77.7 cm³/mol. The molecule has 0 saturated carbocycles. The zero-order valence-corrected chi connectivity index (χ0v) is 12.5. The van der Waals surface area contributed by atoms with E-state index in [0.717, 1.165) is 24.1 Å². The van der Waals surface area contributed by atoms with Crippen LogP contribution in [0.15, 0.2) is 24.3 Å². The highest BCUT2D eigenvalue weighted by Crippen LogP contribution is 2.30. The summed E-state index contributed by atoms with van der Waals surface area (Å²) < 4.78 is 11.8. The number of hydrogen-bond donors (Lipinski definition) is 2. The molecule has 1 atom stereocenters. The molecule has 4 heteroatoms. The highest BCUT2D eigenvalue weighted by molar-refractivity contribution is 5.40. The lowest BCUT2D eigenvalue weighted by Gasteiger charge is -2.34. The van der Waals surface area contributed by atoms with Gasteiger partial charge < -0.3 is 19.3 Å². The maximum Gasteiger partial charge on any atom is 0.181 e. The Morgan fingerprint density at radius 1 is 1.10 bits per heavy atom. The molecule has 3 rings (SSSR count). The van der Waals surface area contributed by atoms with Crippen molar-refractivity contribution in [3.63, 3.8) is 0 Å². The van der Waals surface area contributed by atoms with Crippen molar-refractivity contribution in [1.29, 1.82) is 0 Å². The first-order valence-corrected chi connectivity index (χ1v) is 7.79. The lowest BCUT2D eigenvalue weighted by Crippen LogP contribution is -3.29. The van der Waals surface area contributed by atoms with Gasteiger partial charge in [-0.2, -0.15) is 0 Å². The van der Waals surface area contributed by atoms with Gasteiger partial charge >= 0.3 is 0 Å². The highest BCUT2D eigenvalue weighted by atomic mass is 16.6. The number of quaternary nitrogens is 2. The highest BCUT2D eigenvalue weighted by Gasteiger charge is 2.29. The number of nitrogens with one attached hydrogen (secondary N) is 2. The largest absolute Gasteiger partial charge is 0.486 e. The molecule has 0 radical (unpaired) electrons. The van der Waals surface area contributed by atoms with Gasteiger partial charge in [0.15, 0.2) is 17.6 Å². The summed E-state index contributed by atoms with van der Waals surface area (Å²) >= 11 is 0. The van der Waals surface area contributed by atoms with Gasteiger partial charge in [0.2, 0.25) is 0 Å². The minimum atomic E-state index is 0.195. The summed E-state index contributed by atoms with van der Waals surface area (Å²) in [6, 6.07) is 8.71. The van der Waals surface area contributed by atoms with E-state index in [1.165, 1.54) is 26.2 Å². The molecule has 1 fully saturated rings. The number of benzene rings is 1. The Balaban J connectivity index is 1.51.